The molecule has 1 heterocycles. The Balaban J connectivity index is 0.000000902. The molecule has 2 aromatic carbocycles. The summed E-state index contributed by atoms with van der Waals surface area (Å²) in [5.41, 5.74) is 9.43. The van der Waals surface area contributed by atoms with Gasteiger partial charge in [-0.15, -0.1) is 24.8 Å². The van der Waals surface area contributed by atoms with E-state index in [1.807, 2.05) is 0 Å². The molecule has 2 nitrogen and oxygen atoms in total. The molecule has 3 aromatic rings. The molecule has 0 aliphatic heterocycles. The highest BCUT2D eigenvalue weighted by Crippen LogP contribution is 2.27. The first-order chi connectivity index (χ1) is 8.40. The molecule has 3 N–H and O–H groups in total. The minimum atomic E-state index is 0. The predicted octanol–water partition coefficient (Wildman–Crippen LogP) is 4.06. The fraction of sp³-hybridized carbons (Fsp3) is 0.200. The van der Waals surface area contributed by atoms with Gasteiger partial charge in [0, 0.05) is 21.8 Å². The van der Waals surface area contributed by atoms with Crippen molar-refractivity contribution in [3.05, 3.63) is 48.0 Å². The van der Waals surface area contributed by atoms with Crippen LogP contribution in [-0.4, -0.2) is 11.5 Å². The molecule has 0 aliphatic rings. The van der Waals surface area contributed by atoms with Gasteiger partial charge in [0.15, 0.2) is 0 Å². The molecule has 0 aliphatic carbocycles. The van der Waals surface area contributed by atoms with Crippen molar-refractivity contribution in [2.45, 2.75) is 12.8 Å². The van der Waals surface area contributed by atoms with E-state index < -0.39 is 0 Å². The minimum absolute atomic E-state index is 0. The summed E-state index contributed by atoms with van der Waals surface area (Å²) < 4.78 is 0. The summed E-state index contributed by atoms with van der Waals surface area (Å²) in [4.78, 5) is 3.51. The van der Waals surface area contributed by atoms with Crippen molar-refractivity contribution >= 4 is 46.6 Å². The first kappa shape index (κ1) is 15.8. The summed E-state index contributed by atoms with van der Waals surface area (Å²) in [6, 6.07) is 14.9. The molecule has 19 heavy (non-hydrogen) atoms. The summed E-state index contributed by atoms with van der Waals surface area (Å²) in [6.45, 7) is 0.747. The number of fused-ring (bicyclic) bond motifs is 3. The largest absolute Gasteiger partial charge is 0.354 e. The Kier molecular flexibility index (Phi) is 5.67. The highest BCUT2D eigenvalue weighted by atomic mass is 35.5. The van der Waals surface area contributed by atoms with E-state index in [0.717, 1.165) is 19.4 Å². The van der Waals surface area contributed by atoms with Crippen LogP contribution in [0.25, 0.3) is 21.8 Å². The monoisotopic (exact) mass is 296 g/mol. The summed E-state index contributed by atoms with van der Waals surface area (Å²) in [5, 5.41) is 2.62. The van der Waals surface area contributed by atoms with Crippen LogP contribution in [0.1, 0.15) is 12.0 Å². The molecule has 4 heteroatoms. The van der Waals surface area contributed by atoms with E-state index in [-0.39, 0.29) is 24.8 Å². The van der Waals surface area contributed by atoms with Crippen LogP contribution >= 0.6 is 24.8 Å². The van der Waals surface area contributed by atoms with E-state index in [1.54, 1.807) is 0 Å². The summed E-state index contributed by atoms with van der Waals surface area (Å²) >= 11 is 0. The van der Waals surface area contributed by atoms with E-state index in [2.05, 4.69) is 47.4 Å². The smallest absolute Gasteiger partial charge is 0.0497 e. The van der Waals surface area contributed by atoms with Gasteiger partial charge in [-0.2, -0.15) is 0 Å². The third kappa shape index (κ3) is 2.86. The molecule has 0 saturated heterocycles. The topological polar surface area (TPSA) is 41.8 Å². The first-order valence-corrected chi connectivity index (χ1v) is 6.08. The maximum absolute atomic E-state index is 5.59. The number of aryl methyl sites for hydroxylation is 1. The number of rotatable bonds is 3. The van der Waals surface area contributed by atoms with Crippen molar-refractivity contribution < 1.29 is 0 Å². The molecule has 1 aromatic heterocycles. The fourth-order valence-corrected chi connectivity index (χ4v) is 2.43. The Hall–Kier alpha value is -1.22. The van der Waals surface area contributed by atoms with Gasteiger partial charge in [0.05, 0.1) is 0 Å². The summed E-state index contributed by atoms with van der Waals surface area (Å²) in [5.74, 6) is 0. The predicted molar refractivity (Wildman–Crippen MR) is 87.7 cm³/mol. The average Bonchev–Trinajstić information content (AvgIpc) is 2.75. The average molecular weight is 297 g/mol. The zero-order valence-corrected chi connectivity index (χ0v) is 12.2. The lowest BCUT2D eigenvalue weighted by molar-refractivity contribution is 0.836. The Morgan fingerprint density at radius 3 is 2.42 bits per heavy atom. The minimum Gasteiger partial charge on any atom is -0.354 e. The van der Waals surface area contributed by atoms with Crippen molar-refractivity contribution in [3.63, 3.8) is 0 Å². The maximum atomic E-state index is 5.59. The van der Waals surface area contributed by atoms with Gasteiger partial charge in [0.25, 0.3) is 0 Å². The maximum Gasteiger partial charge on any atom is 0.0497 e. The molecule has 0 fully saturated rings. The van der Waals surface area contributed by atoms with Gasteiger partial charge in [-0.3, -0.25) is 0 Å². The van der Waals surface area contributed by atoms with Gasteiger partial charge >= 0.3 is 0 Å². The standard InChI is InChI=1S/C15H16N2.2ClH/c16-10-4-6-11-5-3-8-13-12-7-1-2-9-14(12)17-15(11)13;;/h1-3,5,7-9,17H,4,6,10,16H2;2*1H. The van der Waals surface area contributed by atoms with Crippen LogP contribution < -0.4 is 5.73 Å². The van der Waals surface area contributed by atoms with Crippen molar-refractivity contribution in [1.82, 2.24) is 4.98 Å². The quantitative estimate of drug-likeness (QED) is 0.752. The van der Waals surface area contributed by atoms with Crippen LogP contribution in [0.5, 0.6) is 0 Å². The van der Waals surface area contributed by atoms with Crippen molar-refractivity contribution in [3.8, 4) is 0 Å². The third-order valence-electron chi connectivity index (χ3n) is 3.28. The van der Waals surface area contributed by atoms with Gasteiger partial charge in [-0.1, -0.05) is 36.4 Å². The molecule has 0 bridgehead atoms. The molecule has 0 atom stereocenters. The molecular formula is C15H18Cl2N2. The molecule has 0 spiro atoms. The van der Waals surface area contributed by atoms with Crippen LogP contribution in [0, 0.1) is 0 Å². The number of para-hydroxylation sites is 2. The van der Waals surface area contributed by atoms with E-state index in [0.29, 0.717) is 0 Å². The third-order valence-corrected chi connectivity index (χ3v) is 3.28. The lowest BCUT2D eigenvalue weighted by Crippen LogP contribution is -2.00. The Morgan fingerprint density at radius 2 is 1.63 bits per heavy atom. The Bertz CT molecular complexity index is 661. The fourth-order valence-electron chi connectivity index (χ4n) is 2.43. The number of hydrogen-bond acceptors (Lipinski definition) is 1. The van der Waals surface area contributed by atoms with Crippen molar-refractivity contribution in [1.29, 1.82) is 0 Å². The van der Waals surface area contributed by atoms with Gasteiger partial charge in [-0.25, -0.2) is 0 Å². The molecule has 0 saturated carbocycles. The van der Waals surface area contributed by atoms with E-state index in [9.17, 15) is 0 Å². The van der Waals surface area contributed by atoms with Crippen LogP contribution in [-0.2, 0) is 6.42 Å². The molecular weight excluding hydrogens is 279 g/mol. The highest BCUT2D eigenvalue weighted by Gasteiger charge is 2.06. The number of benzene rings is 2. The van der Waals surface area contributed by atoms with Gasteiger partial charge in [0.1, 0.15) is 0 Å². The van der Waals surface area contributed by atoms with Crippen LogP contribution in [0.4, 0.5) is 0 Å². The number of aromatic nitrogens is 1. The molecule has 0 radical (unpaired) electrons. The number of nitrogens with two attached hydrogens (primary N) is 1. The zero-order valence-electron chi connectivity index (χ0n) is 10.6. The van der Waals surface area contributed by atoms with E-state index in [4.69, 9.17) is 5.73 Å². The normalized spacial score (nSPS) is 10.2. The number of halogens is 2. The Morgan fingerprint density at radius 1 is 0.895 bits per heavy atom. The number of nitrogens with one attached hydrogen (secondary N) is 1. The second-order valence-electron chi connectivity index (χ2n) is 4.40. The molecule has 102 valence electrons. The SMILES string of the molecule is Cl.Cl.NCCCc1cccc2c1[nH]c1ccccc12. The lowest BCUT2D eigenvalue weighted by Gasteiger charge is -2.01. The number of hydrogen-bond donors (Lipinski definition) is 2. The van der Waals surface area contributed by atoms with Crippen LogP contribution in [0.2, 0.25) is 0 Å². The molecule has 0 unspecified atom stereocenters. The van der Waals surface area contributed by atoms with E-state index >= 15 is 0 Å². The van der Waals surface area contributed by atoms with Gasteiger partial charge in [-0.05, 0) is 31.0 Å². The zero-order chi connectivity index (χ0) is 11.7. The van der Waals surface area contributed by atoms with Crippen LogP contribution in [0.3, 0.4) is 0 Å². The highest BCUT2D eigenvalue weighted by molar-refractivity contribution is 6.08. The Labute approximate surface area is 125 Å². The second-order valence-corrected chi connectivity index (χ2v) is 4.40. The summed E-state index contributed by atoms with van der Waals surface area (Å²) in [7, 11) is 0. The molecule has 3 rings (SSSR count). The number of H-pyrrole nitrogens is 1. The summed E-state index contributed by atoms with van der Waals surface area (Å²) in [6.07, 6.45) is 2.08. The van der Waals surface area contributed by atoms with Crippen LogP contribution in [0.15, 0.2) is 42.5 Å². The lowest BCUT2D eigenvalue weighted by atomic mass is 10.1. The molecule has 0 amide bonds. The first-order valence-electron chi connectivity index (χ1n) is 6.08. The van der Waals surface area contributed by atoms with Gasteiger partial charge in [0.2, 0.25) is 0 Å². The van der Waals surface area contributed by atoms with E-state index in [1.165, 1.54) is 27.4 Å². The number of aromatic amines is 1. The van der Waals surface area contributed by atoms with Crippen molar-refractivity contribution in [2.24, 2.45) is 5.73 Å². The second kappa shape index (κ2) is 6.80. The van der Waals surface area contributed by atoms with Gasteiger partial charge < -0.3 is 10.7 Å². The van der Waals surface area contributed by atoms with Crippen molar-refractivity contribution in [2.75, 3.05) is 6.54 Å².